The van der Waals surface area contributed by atoms with Gasteiger partial charge in [-0.25, -0.2) is 0 Å². The molecule has 0 aliphatic carbocycles. The van der Waals surface area contributed by atoms with E-state index in [0.29, 0.717) is 0 Å². The molecule has 0 heterocycles. The van der Waals surface area contributed by atoms with Crippen LogP contribution in [-0.4, -0.2) is 15.2 Å². The molecule has 1 nitrogen and oxygen atoms in total. The summed E-state index contributed by atoms with van der Waals surface area (Å²) < 4.78 is 5.21. The lowest BCUT2D eigenvalue weighted by Gasteiger charge is -2.18. The van der Waals surface area contributed by atoms with Gasteiger partial charge >= 0.3 is 0 Å². The first-order valence-electron chi connectivity index (χ1n) is 3.39. The van der Waals surface area contributed by atoms with Crippen LogP contribution in [0.5, 0.6) is 0 Å². The van der Waals surface area contributed by atoms with E-state index in [-0.39, 0.29) is 0 Å². The highest BCUT2D eigenvalue weighted by Gasteiger charge is 2.19. The standard InChI is InChI=1S/C8H16OSi/c1-6-7-8(9-2)10(3,4)5/h6-7H,1H2,2-5H3/b8-7-. The minimum absolute atomic E-state index is 1.10. The van der Waals surface area contributed by atoms with Crippen molar-refractivity contribution >= 4 is 8.07 Å². The Kier molecular flexibility index (Phi) is 3.43. The Morgan fingerprint density at radius 1 is 1.40 bits per heavy atom. The molecule has 2 heteroatoms. The summed E-state index contributed by atoms with van der Waals surface area (Å²) in [6.07, 6.45) is 3.73. The molecule has 58 valence electrons. The molecule has 0 aliphatic heterocycles. The Morgan fingerprint density at radius 3 is 2.00 bits per heavy atom. The van der Waals surface area contributed by atoms with Crippen LogP contribution in [0.3, 0.4) is 0 Å². The van der Waals surface area contributed by atoms with Gasteiger partial charge in [0.25, 0.3) is 0 Å². The van der Waals surface area contributed by atoms with E-state index in [1.807, 2.05) is 6.08 Å². The number of allylic oxidation sites excluding steroid dienone is 2. The summed E-state index contributed by atoms with van der Waals surface area (Å²) in [5.41, 5.74) is 0. The summed E-state index contributed by atoms with van der Waals surface area (Å²) in [6, 6.07) is 0. The number of hydrogen-bond donors (Lipinski definition) is 0. The second-order valence-electron chi connectivity index (χ2n) is 3.22. The second kappa shape index (κ2) is 3.61. The normalized spacial score (nSPS) is 13.0. The molecule has 0 unspecified atom stereocenters. The molecule has 0 amide bonds. The molecule has 0 atom stereocenters. The lowest BCUT2D eigenvalue weighted by molar-refractivity contribution is 0.316. The van der Waals surface area contributed by atoms with Gasteiger partial charge in [0, 0.05) is 0 Å². The van der Waals surface area contributed by atoms with Crippen LogP contribution in [0.1, 0.15) is 0 Å². The Bertz CT molecular complexity index is 142. The summed E-state index contributed by atoms with van der Waals surface area (Å²) in [6.45, 7) is 10.4. The van der Waals surface area contributed by atoms with E-state index in [4.69, 9.17) is 4.74 Å². The van der Waals surface area contributed by atoms with Crippen molar-refractivity contribution in [1.82, 2.24) is 0 Å². The quantitative estimate of drug-likeness (QED) is 0.347. The van der Waals surface area contributed by atoms with Crippen molar-refractivity contribution < 1.29 is 4.74 Å². The molecule has 10 heavy (non-hydrogen) atoms. The number of ether oxygens (including phenoxy) is 1. The van der Waals surface area contributed by atoms with Crippen molar-refractivity contribution in [1.29, 1.82) is 0 Å². The molecular formula is C8H16OSi. The molecule has 0 N–H and O–H groups in total. The molecule has 0 aromatic heterocycles. The predicted molar refractivity (Wildman–Crippen MR) is 48.6 cm³/mol. The highest BCUT2D eigenvalue weighted by Crippen LogP contribution is 2.14. The van der Waals surface area contributed by atoms with Gasteiger partial charge in [0.1, 0.15) is 8.07 Å². The minimum Gasteiger partial charge on any atom is -0.506 e. The zero-order valence-corrected chi connectivity index (χ0v) is 8.27. The van der Waals surface area contributed by atoms with Crippen molar-refractivity contribution in [3.05, 3.63) is 24.1 Å². The van der Waals surface area contributed by atoms with Crippen molar-refractivity contribution in [2.24, 2.45) is 0 Å². The summed E-state index contributed by atoms with van der Waals surface area (Å²) in [7, 11) is 0.476. The topological polar surface area (TPSA) is 9.23 Å². The van der Waals surface area contributed by atoms with Gasteiger partial charge in [-0.3, -0.25) is 0 Å². The molecule has 0 saturated carbocycles. The number of rotatable bonds is 3. The van der Waals surface area contributed by atoms with Gasteiger partial charge in [0.15, 0.2) is 0 Å². The fourth-order valence-electron chi connectivity index (χ4n) is 0.731. The van der Waals surface area contributed by atoms with E-state index in [2.05, 4.69) is 26.2 Å². The van der Waals surface area contributed by atoms with Crippen LogP contribution in [0.25, 0.3) is 0 Å². The fraction of sp³-hybridized carbons (Fsp3) is 0.500. The average molecular weight is 156 g/mol. The first-order chi connectivity index (χ1) is 4.52. The van der Waals surface area contributed by atoms with Crippen molar-refractivity contribution in [2.45, 2.75) is 19.6 Å². The summed E-state index contributed by atoms with van der Waals surface area (Å²) in [5.74, 6) is 0. The van der Waals surface area contributed by atoms with E-state index < -0.39 is 8.07 Å². The molecule has 0 rings (SSSR count). The van der Waals surface area contributed by atoms with E-state index in [1.165, 1.54) is 0 Å². The van der Waals surface area contributed by atoms with Crippen LogP contribution in [0.2, 0.25) is 19.6 Å². The fourth-order valence-corrected chi connectivity index (χ4v) is 1.96. The zero-order valence-electron chi connectivity index (χ0n) is 7.27. The van der Waals surface area contributed by atoms with Crippen LogP contribution in [-0.2, 0) is 4.74 Å². The molecule has 0 bridgehead atoms. The minimum atomic E-state index is -1.24. The van der Waals surface area contributed by atoms with E-state index >= 15 is 0 Å². The largest absolute Gasteiger partial charge is 0.506 e. The van der Waals surface area contributed by atoms with Crippen LogP contribution in [0.4, 0.5) is 0 Å². The predicted octanol–water partition coefficient (Wildman–Crippen LogP) is 2.58. The molecule has 0 aromatic carbocycles. The van der Waals surface area contributed by atoms with E-state index in [9.17, 15) is 0 Å². The summed E-state index contributed by atoms with van der Waals surface area (Å²) in [5, 5.41) is 1.10. The number of hydrogen-bond acceptors (Lipinski definition) is 1. The van der Waals surface area contributed by atoms with Crippen molar-refractivity contribution in [3.63, 3.8) is 0 Å². The lowest BCUT2D eigenvalue weighted by Crippen LogP contribution is -2.24. The Morgan fingerprint density at radius 2 is 1.90 bits per heavy atom. The third-order valence-corrected chi connectivity index (χ3v) is 3.08. The van der Waals surface area contributed by atoms with Gasteiger partial charge < -0.3 is 4.74 Å². The maximum Gasteiger partial charge on any atom is 0.122 e. The highest BCUT2D eigenvalue weighted by atomic mass is 28.3. The lowest BCUT2D eigenvalue weighted by atomic mass is 10.6. The van der Waals surface area contributed by atoms with Crippen molar-refractivity contribution in [2.75, 3.05) is 7.11 Å². The molecule has 0 spiro atoms. The first-order valence-corrected chi connectivity index (χ1v) is 6.89. The van der Waals surface area contributed by atoms with E-state index in [0.717, 1.165) is 5.38 Å². The first kappa shape index (κ1) is 9.50. The Labute approximate surface area is 64.4 Å². The SMILES string of the molecule is C=C/C=C(/OC)[Si](C)(C)C. The Balaban J connectivity index is 4.35. The Hall–Kier alpha value is -0.503. The maximum atomic E-state index is 5.21. The van der Waals surface area contributed by atoms with Gasteiger partial charge in [-0.2, -0.15) is 0 Å². The van der Waals surface area contributed by atoms with Gasteiger partial charge in [-0.05, 0) is 6.08 Å². The monoisotopic (exact) mass is 156 g/mol. The molecule has 0 saturated heterocycles. The van der Waals surface area contributed by atoms with Gasteiger partial charge in [0.2, 0.25) is 0 Å². The molecular weight excluding hydrogens is 140 g/mol. The van der Waals surface area contributed by atoms with Crippen LogP contribution in [0, 0.1) is 0 Å². The average Bonchev–Trinajstić information content (AvgIpc) is 1.80. The molecule has 0 aromatic rings. The third-order valence-electron chi connectivity index (χ3n) is 1.23. The molecule has 0 fully saturated rings. The number of methoxy groups -OCH3 is 1. The molecule has 0 radical (unpaired) electrons. The summed E-state index contributed by atoms with van der Waals surface area (Å²) >= 11 is 0. The van der Waals surface area contributed by atoms with Gasteiger partial charge in [-0.1, -0.05) is 32.3 Å². The van der Waals surface area contributed by atoms with Crippen LogP contribution in [0.15, 0.2) is 24.1 Å². The smallest absolute Gasteiger partial charge is 0.122 e. The highest BCUT2D eigenvalue weighted by molar-refractivity contribution is 6.82. The summed E-state index contributed by atoms with van der Waals surface area (Å²) in [4.78, 5) is 0. The van der Waals surface area contributed by atoms with Crippen LogP contribution >= 0.6 is 0 Å². The van der Waals surface area contributed by atoms with Gasteiger partial charge in [0.05, 0.1) is 12.5 Å². The van der Waals surface area contributed by atoms with Gasteiger partial charge in [-0.15, -0.1) is 0 Å². The van der Waals surface area contributed by atoms with Crippen molar-refractivity contribution in [3.8, 4) is 0 Å². The second-order valence-corrected chi connectivity index (χ2v) is 8.21. The van der Waals surface area contributed by atoms with Crippen LogP contribution < -0.4 is 0 Å². The maximum absolute atomic E-state index is 5.21. The zero-order chi connectivity index (χ0) is 8.20. The molecule has 0 aliphatic rings. The van der Waals surface area contributed by atoms with E-state index in [1.54, 1.807) is 13.2 Å². The third kappa shape index (κ3) is 2.87.